The normalized spacial score (nSPS) is 13.2. The van der Waals surface area contributed by atoms with Gasteiger partial charge in [-0.25, -0.2) is 24.1 Å². The number of nitrogens with one attached hydrogen (secondary N) is 2. The van der Waals surface area contributed by atoms with Crippen molar-refractivity contribution in [1.29, 1.82) is 5.41 Å². The molecule has 10 nitrogen and oxygen atoms in total. The number of halogens is 1. The summed E-state index contributed by atoms with van der Waals surface area (Å²) in [6.07, 6.45) is -1.50. The van der Waals surface area contributed by atoms with Crippen LogP contribution in [0.1, 0.15) is 23.8 Å². The molecular weight excluding hydrogens is 403 g/mol. The van der Waals surface area contributed by atoms with Crippen LogP contribution in [0.4, 0.5) is 32.3 Å². The third-order valence-corrected chi connectivity index (χ3v) is 4.03. The molecule has 1 amide bonds. The Morgan fingerprint density at radius 3 is 2.68 bits per heavy atom. The van der Waals surface area contributed by atoms with Crippen LogP contribution in [0.25, 0.3) is 0 Å². The Balaban J connectivity index is 2.14. The van der Waals surface area contributed by atoms with Gasteiger partial charge in [0.25, 0.3) is 0 Å². The van der Waals surface area contributed by atoms with Crippen LogP contribution in [0.2, 0.25) is 0 Å². The van der Waals surface area contributed by atoms with Crippen molar-refractivity contribution < 1.29 is 20.8 Å². The molecule has 0 spiro atoms. The average Bonchev–Trinajstić information content (AvgIpc) is 2.81. The van der Waals surface area contributed by atoms with Crippen LogP contribution >= 0.6 is 0 Å². The molecule has 0 saturated heterocycles. The standard InChI is InChI=1S/C20H21FN8O2/c1-29(20(30)31-2)15-16(23)27-19(28-17(15)24)14(22)12-7-5-9-25-18(12)26-10-11-6-3-4-8-13(11)21/h3-9,22H,10H2,1-2H3,(H,25,26)(H4,23,24,27,28)/i5D,7D,9D,10D2. The van der Waals surface area contributed by atoms with Gasteiger partial charge in [-0.05, 0) is 18.2 Å². The lowest BCUT2D eigenvalue weighted by Crippen LogP contribution is -2.29. The van der Waals surface area contributed by atoms with Gasteiger partial charge in [0.2, 0.25) is 0 Å². The van der Waals surface area contributed by atoms with E-state index >= 15 is 0 Å². The summed E-state index contributed by atoms with van der Waals surface area (Å²) in [5, 5.41) is 10.9. The van der Waals surface area contributed by atoms with Crippen molar-refractivity contribution in [2.24, 2.45) is 0 Å². The highest BCUT2D eigenvalue weighted by molar-refractivity contribution is 6.12. The Hall–Kier alpha value is -4.28. The lowest BCUT2D eigenvalue weighted by molar-refractivity contribution is 0.180. The van der Waals surface area contributed by atoms with Crippen LogP contribution in [-0.2, 0) is 11.2 Å². The van der Waals surface area contributed by atoms with Gasteiger partial charge < -0.3 is 21.5 Å². The predicted molar refractivity (Wildman–Crippen MR) is 116 cm³/mol. The van der Waals surface area contributed by atoms with E-state index in [1.807, 2.05) is 0 Å². The van der Waals surface area contributed by atoms with Gasteiger partial charge in [0.15, 0.2) is 17.5 Å². The van der Waals surface area contributed by atoms with Crippen molar-refractivity contribution in [3.8, 4) is 0 Å². The van der Waals surface area contributed by atoms with Gasteiger partial charge in [0.1, 0.15) is 23.0 Å². The van der Waals surface area contributed by atoms with Gasteiger partial charge in [-0.15, -0.1) is 0 Å². The van der Waals surface area contributed by atoms with E-state index in [0.29, 0.717) is 0 Å². The Morgan fingerprint density at radius 1 is 1.35 bits per heavy atom. The summed E-state index contributed by atoms with van der Waals surface area (Å²) in [7, 11) is 2.45. The first kappa shape index (κ1) is 15.5. The van der Waals surface area contributed by atoms with Crippen LogP contribution in [0.15, 0.2) is 42.5 Å². The number of nitrogen functional groups attached to an aromatic ring is 2. The number of hydrogen-bond donors (Lipinski definition) is 4. The summed E-state index contributed by atoms with van der Waals surface area (Å²) in [6.45, 7) is -2.60. The molecule has 0 aliphatic heterocycles. The fourth-order valence-corrected chi connectivity index (χ4v) is 2.54. The second kappa shape index (κ2) is 9.03. The Morgan fingerprint density at radius 2 is 2.03 bits per heavy atom. The third kappa shape index (κ3) is 4.50. The first-order valence-electron chi connectivity index (χ1n) is 11.1. The van der Waals surface area contributed by atoms with E-state index in [1.54, 1.807) is 0 Å². The molecule has 2 heterocycles. The number of anilines is 4. The van der Waals surface area contributed by atoms with Crippen molar-refractivity contribution in [2.45, 2.75) is 6.50 Å². The van der Waals surface area contributed by atoms with E-state index in [9.17, 15) is 9.18 Å². The van der Waals surface area contributed by atoms with Gasteiger partial charge >= 0.3 is 6.09 Å². The number of amides is 1. The largest absolute Gasteiger partial charge is 0.452 e. The molecule has 2 aromatic heterocycles. The number of rotatable bonds is 6. The van der Waals surface area contributed by atoms with Crippen molar-refractivity contribution in [2.75, 3.05) is 35.8 Å². The second-order valence-corrected chi connectivity index (χ2v) is 6.00. The highest BCUT2D eigenvalue weighted by Gasteiger charge is 2.22. The SMILES string of the molecule is [2H]c1nc(NC([2H])([2H])c2ccccc2F)c(C(=N)c2nc(N)c(N(C)C(=O)OC)c(N)n2)c([2H])c1[2H]. The average molecular weight is 429 g/mol. The van der Waals surface area contributed by atoms with Crippen molar-refractivity contribution in [3.05, 3.63) is 65.3 Å². The first-order valence-corrected chi connectivity index (χ1v) is 8.65. The molecule has 0 aliphatic rings. The van der Waals surface area contributed by atoms with E-state index in [-0.39, 0.29) is 17.3 Å². The maximum absolute atomic E-state index is 14.3. The minimum absolute atomic E-state index is 0.0976. The first-order chi connectivity index (χ1) is 16.8. The zero-order chi connectivity index (χ0) is 26.9. The number of carbonyl (C=O) groups excluding carboxylic acids is 1. The van der Waals surface area contributed by atoms with Crippen molar-refractivity contribution in [1.82, 2.24) is 15.0 Å². The van der Waals surface area contributed by atoms with Gasteiger partial charge in [-0.1, -0.05) is 18.2 Å². The molecule has 0 unspecified atom stereocenters. The highest BCUT2D eigenvalue weighted by Crippen LogP contribution is 2.28. The zero-order valence-electron chi connectivity index (χ0n) is 21.4. The summed E-state index contributed by atoms with van der Waals surface area (Å²) < 4.78 is 59.6. The number of nitrogens with two attached hydrogens (primary N) is 2. The van der Waals surface area contributed by atoms with Gasteiger partial charge in [0, 0.05) is 30.8 Å². The second-order valence-electron chi connectivity index (χ2n) is 6.00. The number of nitrogens with zero attached hydrogens (tertiary/aromatic N) is 4. The van der Waals surface area contributed by atoms with E-state index in [0.717, 1.165) is 18.1 Å². The molecule has 0 saturated carbocycles. The predicted octanol–water partition coefficient (Wildman–Crippen LogP) is 2.41. The fraction of sp³-hybridized carbons (Fsp3) is 0.150. The van der Waals surface area contributed by atoms with Crippen LogP contribution in [0.3, 0.4) is 0 Å². The highest BCUT2D eigenvalue weighted by atomic mass is 19.1. The topological polar surface area (TPSA) is 156 Å². The molecular formula is C20H21FN8O2. The number of ether oxygens (including phenoxy) is 1. The molecule has 0 radical (unpaired) electrons. The number of methoxy groups -OCH3 is 1. The third-order valence-electron chi connectivity index (χ3n) is 4.03. The summed E-state index contributed by atoms with van der Waals surface area (Å²) in [5.74, 6) is -2.43. The molecule has 0 atom stereocenters. The van der Waals surface area contributed by atoms with Crippen LogP contribution in [0, 0.1) is 11.2 Å². The number of pyridine rings is 1. The van der Waals surface area contributed by atoms with Crippen molar-refractivity contribution >= 4 is 34.9 Å². The van der Waals surface area contributed by atoms with Gasteiger partial charge in [0.05, 0.1) is 14.0 Å². The Labute approximate surface area is 184 Å². The zero-order valence-corrected chi connectivity index (χ0v) is 16.4. The van der Waals surface area contributed by atoms with Crippen LogP contribution in [0.5, 0.6) is 0 Å². The molecule has 0 bridgehead atoms. The molecule has 3 rings (SSSR count). The lowest BCUT2D eigenvalue weighted by atomic mass is 10.1. The van der Waals surface area contributed by atoms with Crippen LogP contribution in [-0.4, -0.2) is 40.9 Å². The van der Waals surface area contributed by atoms with E-state index < -0.39 is 65.1 Å². The fourth-order valence-electron chi connectivity index (χ4n) is 2.54. The molecule has 6 N–H and O–H groups in total. The minimum Gasteiger partial charge on any atom is -0.452 e. The van der Waals surface area contributed by atoms with E-state index in [1.165, 1.54) is 25.2 Å². The lowest BCUT2D eigenvalue weighted by Gasteiger charge is -2.19. The van der Waals surface area contributed by atoms with Gasteiger partial charge in [-0.3, -0.25) is 10.3 Å². The van der Waals surface area contributed by atoms with E-state index in [2.05, 4.69) is 25.0 Å². The smallest absolute Gasteiger partial charge is 0.413 e. The molecule has 0 aliphatic carbocycles. The summed E-state index contributed by atoms with van der Waals surface area (Å²) in [6, 6.07) is 3.71. The molecule has 31 heavy (non-hydrogen) atoms. The van der Waals surface area contributed by atoms with Crippen molar-refractivity contribution in [3.63, 3.8) is 0 Å². The molecule has 11 heteroatoms. The number of aromatic nitrogens is 3. The number of benzene rings is 1. The van der Waals surface area contributed by atoms with Crippen LogP contribution < -0.4 is 21.7 Å². The molecule has 1 aromatic carbocycles. The monoisotopic (exact) mass is 429 g/mol. The summed E-state index contributed by atoms with van der Waals surface area (Å²) >= 11 is 0. The maximum Gasteiger partial charge on any atom is 0.413 e. The maximum atomic E-state index is 14.3. The summed E-state index contributed by atoms with van der Waals surface area (Å²) in [4.78, 5) is 24.5. The molecule has 3 aromatic rings. The Bertz CT molecular complexity index is 1350. The minimum atomic E-state index is -2.60. The molecule has 160 valence electrons. The van der Waals surface area contributed by atoms with Gasteiger partial charge in [-0.2, -0.15) is 0 Å². The Kier molecular flexibility index (Phi) is 4.53. The number of hydrogen-bond acceptors (Lipinski definition) is 9. The quantitative estimate of drug-likeness (QED) is 0.435. The van der Waals surface area contributed by atoms with E-state index in [4.69, 9.17) is 23.7 Å². The summed E-state index contributed by atoms with van der Waals surface area (Å²) in [5.41, 5.74) is 10.3. The molecule has 0 fully saturated rings. The number of carbonyl (C=O) groups is 1.